The van der Waals surface area contributed by atoms with Crippen molar-refractivity contribution in [2.45, 2.75) is 43.9 Å². The van der Waals surface area contributed by atoms with Crippen molar-refractivity contribution < 1.29 is 22.1 Å². The lowest BCUT2D eigenvalue weighted by Crippen LogP contribution is -2.20. The van der Waals surface area contributed by atoms with E-state index in [1.165, 1.54) is 6.92 Å². The van der Waals surface area contributed by atoms with Crippen LogP contribution in [0, 0.1) is 13.8 Å². The molecule has 0 radical (unpaired) electrons. The fourth-order valence-electron chi connectivity index (χ4n) is 2.91. The SMILES string of the molecule is CC(=O)Oc1cc(C)ccc1C1(COS(=O)(=O)c2ccc(C)cc2)CC1. The molecule has 0 atom stereocenters. The molecule has 1 fully saturated rings. The molecule has 26 heavy (non-hydrogen) atoms. The van der Waals surface area contributed by atoms with Crippen LogP contribution in [0.25, 0.3) is 0 Å². The highest BCUT2D eigenvalue weighted by molar-refractivity contribution is 7.86. The van der Waals surface area contributed by atoms with Crippen LogP contribution in [0.1, 0.15) is 36.5 Å². The molecule has 0 aromatic heterocycles. The van der Waals surface area contributed by atoms with Crippen LogP contribution in [0.2, 0.25) is 0 Å². The van der Waals surface area contributed by atoms with Gasteiger partial charge in [-0.1, -0.05) is 29.8 Å². The molecule has 1 aliphatic rings. The summed E-state index contributed by atoms with van der Waals surface area (Å²) >= 11 is 0. The van der Waals surface area contributed by atoms with E-state index in [-0.39, 0.29) is 11.5 Å². The first-order valence-electron chi connectivity index (χ1n) is 8.48. The van der Waals surface area contributed by atoms with E-state index < -0.39 is 21.5 Å². The fourth-order valence-corrected chi connectivity index (χ4v) is 3.90. The van der Waals surface area contributed by atoms with Crippen molar-refractivity contribution in [1.82, 2.24) is 0 Å². The third-order valence-electron chi connectivity index (χ3n) is 4.62. The molecule has 0 aliphatic heterocycles. The first-order chi connectivity index (χ1) is 12.2. The molecule has 0 amide bonds. The van der Waals surface area contributed by atoms with Crippen molar-refractivity contribution in [3.63, 3.8) is 0 Å². The van der Waals surface area contributed by atoms with Crippen molar-refractivity contribution in [2.24, 2.45) is 0 Å². The molecule has 0 saturated heterocycles. The number of carbonyl (C=O) groups is 1. The number of benzene rings is 2. The summed E-state index contributed by atoms with van der Waals surface area (Å²) in [5.41, 5.74) is 2.33. The van der Waals surface area contributed by atoms with E-state index >= 15 is 0 Å². The number of carbonyl (C=O) groups excluding carboxylic acids is 1. The number of hydrogen-bond acceptors (Lipinski definition) is 5. The molecule has 0 bridgehead atoms. The topological polar surface area (TPSA) is 69.7 Å². The van der Waals surface area contributed by atoms with Crippen molar-refractivity contribution >= 4 is 16.1 Å². The second kappa shape index (κ2) is 6.85. The molecule has 0 heterocycles. The average Bonchev–Trinajstić information content (AvgIpc) is 3.34. The van der Waals surface area contributed by atoms with E-state index in [4.69, 9.17) is 8.92 Å². The zero-order valence-electron chi connectivity index (χ0n) is 15.1. The molecule has 1 aliphatic carbocycles. The molecule has 0 unspecified atom stereocenters. The van der Waals surface area contributed by atoms with Gasteiger partial charge in [0.1, 0.15) is 5.75 Å². The Morgan fingerprint density at radius 2 is 1.65 bits per heavy atom. The van der Waals surface area contributed by atoms with Gasteiger partial charge in [-0.25, -0.2) is 0 Å². The molecule has 0 N–H and O–H groups in total. The molecular formula is C20H22O5S. The Bertz CT molecular complexity index is 925. The van der Waals surface area contributed by atoms with Crippen molar-refractivity contribution in [3.8, 4) is 5.75 Å². The molecule has 1 saturated carbocycles. The second-order valence-corrected chi connectivity index (χ2v) is 8.52. The van der Waals surface area contributed by atoms with Crippen LogP contribution < -0.4 is 4.74 Å². The summed E-state index contributed by atoms with van der Waals surface area (Å²) in [6.07, 6.45) is 1.57. The summed E-state index contributed by atoms with van der Waals surface area (Å²) < 4.78 is 35.6. The summed E-state index contributed by atoms with van der Waals surface area (Å²) in [4.78, 5) is 11.5. The van der Waals surface area contributed by atoms with Gasteiger partial charge in [0.25, 0.3) is 10.1 Å². The number of ether oxygens (including phenoxy) is 1. The summed E-state index contributed by atoms with van der Waals surface area (Å²) in [6.45, 7) is 5.18. The lowest BCUT2D eigenvalue weighted by atomic mass is 9.95. The van der Waals surface area contributed by atoms with Gasteiger partial charge < -0.3 is 4.74 Å². The Labute approximate surface area is 154 Å². The lowest BCUT2D eigenvalue weighted by Gasteiger charge is -2.19. The van der Waals surface area contributed by atoms with Gasteiger partial charge in [-0.2, -0.15) is 8.42 Å². The number of hydrogen-bond donors (Lipinski definition) is 0. The highest BCUT2D eigenvalue weighted by Crippen LogP contribution is 2.52. The first-order valence-corrected chi connectivity index (χ1v) is 9.88. The minimum absolute atomic E-state index is 0.0283. The highest BCUT2D eigenvalue weighted by atomic mass is 32.2. The number of aryl methyl sites for hydroxylation is 2. The van der Waals surface area contributed by atoms with Crippen molar-refractivity contribution in [1.29, 1.82) is 0 Å². The monoisotopic (exact) mass is 374 g/mol. The van der Waals surface area contributed by atoms with Gasteiger partial charge in [0.15, 0.2) is 0 Å². The zero-order chi connectivity index (χ0) is 18.9. The molecule has 138 valence electrons. The lowest BCUT2D eigenvalue weighted by molar-refractivity contribution is -0.131. The molecule has 5 nitrogen and oxygen atoms in total. The molecule has 2 aromatic carbocycles. The van der Waals surface area contributed by atoms with E-state index in [1.54, 1.807) is 30.3 Å². The van der Waals surface area contributed by atoms with Crippen LogP contribution in [-0.4, -0.2) is 21.0 Å². The standard InChI is InChI=1S/C20H22O5S/c1-14-4-7-17(8-5-14)26(22,23)24-13-20(10-11-20)18-9-6-15(2)12-19(18)25-16(3)21/h4-9,12H,10-11,13H2,1-3H3. The quantitative estimate of drug-likeness (QED) is 0.438. The van der Waals surface area contributed by atoms with Crippen LogP contribution in [0.15, 0.2) is 47.4 Å². The van der Waals surface area contributed by atoms with Crippen molar-refractivity contribution in [2.75, 3.05) is 6.61 Å². The van der Waals surface area contributed by atoms with Crippen LogP contribution in [-0.2, 0) is 24.5 Å². The number of rotatable bonds is 6. The minimum Gasteiger partial charge on any atom is -0.426 e. The zero-order valence-corrected chi connectivity index (χ0v) is 15.9. The predicted molar refractivity (Wildman–Crippen MR) is 97.7 cm³/mol. The van der Waals surface area contributed by atoms with Crippen LogP contribution in [0.5, 0.6) is 5.75 Å². The maximum Gasteiger partial charge on any atom is 0.308 e. The van der Waals surface area contributed by atoms with E-state index in [0.29, 0.717) is 5.75 Å². The van der Waals surface area contributed by atoms with Gasteiger partial charge in [0.2, 0.25) is 0 Å². The Morgan fingerprint density at radius 3 is 2.23 bits per heavy atom. The van der Waals surface area contributed by atoms with Crippen LogP contribution in [0.4, 0.5) is 0 Å². The Kier molecular flexibility index (Phi) is 4.90. The molecular weight excluding hydrogens is 352 g/mol. The van der Waals surface area contributed by atoms with E-state index in [0.717, 1.165) is 29.5 Å². The Morgan fingerprint density at radius 1 is 1.04 bits per heavy atom. The number of esters is 1. The van der Waals surface area contributed by atoms with Crippen molar-refractivity contribution in [3.05, 3.63) is 59.2 Å². The second-order valence-electron chi connectivity index (χ2n) is 6.90. The Hall–Kier alpha value is -2.18. The molecule has 2 aromatic rings. The minimum atomic E-state index is -3.83. The van der Waals surface area contributed by atoms with Gasteiger partial charge >= 0.3 is 5.97 Å². The van der Waals surface area contributed by atoms with E-state index in [9.17, 15) is 13.2 Å². The third kappa shape index (κ3) is 3.97. The Balaban J connectivity index is 1.82. The molecule has 6 heteroatoms. The summed E-state index contributed by atoms with van der Waals surface area (Å²) in [5, 5.41) is 0. The maximum absolute atomic E-state index is 12.5. The molecule has 0 spiro atoms. The van der Waals surface area contributed by atoms with Gasteiger partial charge in [-0.15, -0.1) is 0 Å². The highest BCUT2D eigenvalue weighted by Gasteiger charge is 2.47. The van der Waals surface area contributed by atoms with Crippen LogP contribution in [0.3, 0.4) is 0 Å². The van der Waals surface area contributed by atoms with Crippen LogP contribution >= 0.6 is 0 Å². The largest absolute Gasteiger partial charge is 0.426 e. The van der Waals surface area contributed by atoms with E-state index in [1.807, 2.05) is 26.0 Å². The smallest absolute Gasteiger partial charge is 0.308 e. The fraction of sp³-hybridized carbons (Fsp3) is 0.350. The summed E-state index contributed by atoms with van der Waals surface area (Å²) in [5.74, 6) is 0.0761. The van der Waals surface area contributed by atoms with Gasteiger partial charge in [-0.3, -0.25) is 8.98 Å². The average molecular weight is 374 g/mol. The van der Waals surface area contributed by atoms with Gasteiger partial charge in [0.05, 0.1) is 11.5 Å². The summed E-state index contributed by atoms with van der Waals surface area (Å²) in [6, 6.07) is 12.2. The van der Waals surface area contributed by atoms with Gasteiger partial charge in [0, 0.05) is 17.9 Å². The third-order valence-corrected chi connectivity index (χ3v) is 5.89. The first kappa shape index (κ1) is 18.6. The van der Waals surface area contributed by atoms with E-state index in [2.05, 4.69) is 0 Å². The van der Waals surface area contributed by atoms with Gasteiger partial charge in [-0.05, 0) is 50.5 Å². The predicted octanol–water partition coefficient (Wildman–Crippen LogP) is 3.67. The summed E-state index contributed by atoms with van der Waals surface area (Å²) in [7, 11) is -3.83. The normalized spacial score (nSPS) is 15.5. The molecule has 3 rings (SSSR count). The maximum atomic E-state index is 12.5.